The maximum Gasteiger partial charge on any atom is 0.285 e. The highest BCUT2D eigenvalue weighted by molar-refractivity contribution is 7.89. The molecule has 1 heterocycles. The van der Waals surface area contributed by atoms with Crippen LogP contribution in [0.2, 0.25) is 0 Å². The number of carbonyl (C=O) groups excluding carboxylic acids is 1. The zero-order chi connectivity index (χ0) is 21.5. The van der Waals surface area contributed by atoms with E-state index in [4.69, 9.17) is 0 Å². The van der Waals surface area contributed by atoms with Crippen molar-refractivity contribution in [3.8, 4) is 0 Å². The van der Waals surface area contributed by atoms with Crippen LogP contribution >= 0.6 is 0 Å². The molecule has 1 fully saturated rings. The second kappa shape index (κ2) is 7.81. The lowest BCUT2D eigenvalue weighted by Crippen LogP contribution is -2.50. The van der Waals surface area contributed by atoms with Crippen molar-refractivity contribution in [3.63, 3.8) is 0 Å². The van der Waals surface area contributed by atoms with Gasteiger partial charge in [0.05, 0.1) is 9.82 Å². The summed E-state index contributed by atoms with van der Waals surface area (Å²) in [6, 6.07) is 9.98. The third-order valence-electron chi connectivity index (χ3n) is 5.88. The molecule has 0 aromatic heterocycles. The van der Waals surface area contributed by atoms with Crippen LogP contribution in [0.15, 0.2) is 41.3 Å². The van der Waals surface area contributed by atoms with Gasteiger partial charge < -0.3 is 4.90 Å². The topological polar surface area (TPSA) is 101 Å². The average Bonchev–Trinajstić information content (AvgIpc) is 3.21. The Hall–Kier alpha value is -2.78. The Morgan fingerprint density at radius 1 is 1.03 bits per heavy atom. The predicted molar refractivity (Wildman–Crippen MR) is 111 cm³/mol. The van der Waals surface area contributed by atoms with Crippen molar-refractivity contribution in [3.05, 3.63) is 68.8 Å². The van der Waals surface area contributed by atoms with E-state index in [0.29, 0.717) is 5.56 Å². The van der Waals surface area contributed by atoms with Crippen molar-refractivity contribution >= 4 is 21.6 Å². The summed E-state index contributed by atoms with van der Waals surface area (Å²) in [5, 5.41) is 11.4. The van der Waals surface area contributed by atoms with E-state index in [9.17, 15) is 23.3 Å². The van der Waals surface area contributed by atoms with Crippen LogP contribution in [0.3, 0.4) is 0 Å². The number of piperazine rings is 1. The third kappa shape index (κ3) is 3.59. The SMILES string of the molecule is Cc1cccc(C(=O)N2CCN(S(=O)(=O)c3ccc4c(c3)CCC4)CC2)c1[N+](=O)[O-]. The Balaban J connectivity index is 1.50. The number of benzene rings is 2. The van der Waals surface area contributed by atoms with E-state index in [2.05, 4.69) is 0 Å². The molecule has 0 N–H and O–H groups in total. The second-order valence-corrected chi connectivity index (χ2v) is 9.65. The number of nitro benzene ring substituents is 1. The Morgan fingerprint density at radius 2 is 1.73 bits per heavy atom. The number of aryl methyl sites for hydroxylation is 3. The van der Waals surface area contributed by atoms with Crippen LogP contribution < -0.4 is 0 Å². The number of nitro groups is 1. The molecule has 9 heteroatoms. The van der Waals surface area contributed by atoms with Gasteiger partial charge in [0, 0.05) is 31.7 Å². The lowest BCUT2D eigenvalue weighted by atomic mass is 10.1. The fourth-order valence-electron chi connectivity index (χ4n) is 4.23. The van der Waals surface area contributed by atoms with Gasteiger partial charge in [-0.3, -0.25) is 14.9 Å². The largest absolute Gasteiger partial charge is 0.336 e. The zero-order valence-electron chi connectivity index (χ0n) is 16.7. The van der Waals surface area contributed by atoms with Crippen LogP contribution in [0.25, 0.3) is 0 Å². The summed E-state index contributed by atoms with van der Waals surface area (Å²) in [5.74, 6) is -0.444. The number of hydrogen-bond donors (Lipinski definition) is 0. The fraction of sp³-hybridized carbons (Fsp3) is 0.381. The van der Waals surface area contributed by atoms with Gasteiger partial charge in [-0.15, -0.1) is 0 Å². The van der Waals surface area contributed by atoms with E-state index in [1.54, 1.807) is 31.2 Å². The van der Waals surface area contributed by atoms with E-state index in [0.717, 1.165) is 24.8 Å². The zero-order valence-corrected chi connectivity index (χ0v) is 17.5. The molecular formula is C21H23N3O5S. The summed E-state index contributed by atoms with van der Waals surface area (Å²) in [6.45, 7) is 2.29. The van der Waals surface area contributed by atoms with Crippen LogP contribution in [0.5, 0.6) is 0 Å². The highest BCUT2D eigenvalue weighted by atomic mass is 32.2. The van der Waals surface area contributed by atoms with Gasteiger partial charge in [-0.2, -0.15) is 4.31 Å². The molecule has 0 atom stereocenters. The minimum Gasteiger partial charge on any atom is -0.336 e. The molecule has 0 radical (unpaired) electrons. The molecule has 2 aromatic rings. The van der Waals surface area contributed by atoms with Gasteiger partial charge >= 0.3 is 0 Å². The number of carbonyl (C=O) groups is 1. The van der Waals surface area contributed by atoms with Crippen LogP contribution in [-0.4, -0.2) is 54.6 Å². The number of fused-ring (bicyclic) bond motifs is 1. The smallest absolute Gasteiger partial charge is 0.285 e. The van der Waals surface area contributed by atoms with Crippen LogP contribution in [0.4, 0.5) is 5.69 Å². The first-order valence-corrected chi connectivity index (χ1v) is 11.4. The van der Waals surface area contributed by atoms with Crippen molar-refractivity contribution < 1.29 is 18.1 Å². The highest BCUT2D eigenvalue weighted by Gasteiger charge is 2.33. The van der Waals surface area contributed by atoms with Gasteiger partial charge in [0.2, 0.25) is 10.0 Å². The predicted octanol–water partition coefficient (Wildman–Crippen LogP) is 2.54. The van der Waals surface area contributed by atoms with Crippen LogP contribution in [0, 0.1) is 17.0 Å². The number of hydrogen-bond acceptors (Lipinski definition) is 5. The molecule has 0 bridgehead atoms. The Morgan fingerprint density at radius 3 is 2.43 bits per heavy atom. The van der Waals surface area contributed by atoms with E-state index in [1.807, 2.05) is 6.07 Å². The Bertz CT molecular complexity index is 1120. The minimum absolute atomic E-state index is 0.0370. The molecule has 2 aromatic carbocycles. The van der Waals surface area contributed by atoms with Crippen molar-refractivity contribution in [2.45, 2.75) is 31.1 Å². The van der Waals surface area contributed by atoms with Gasteiger partial charge in [0.15, 0.2) is 0 Å². The van der Waals surface area contributed by atoms with E-state index in [-0.39, 0.29) is 42.3 Å². The Kier molecular flexibility index (Phi) is 5.33. The number of amides is 1. The van der Waals surface area contributed by atoms with Crippen LogP contribution in [0.1, 0.15) is 33.5 Å². The van der Waals surface area contributed by atoms with Crippen molar-refractivity contribution in [2.75, 3.05) is 26.2 Å². The molecule has 1 aliphatic carbocycles. The third-order valence-corrected chi connectivity index (χ3v) is 7.78. The Labute approximate surface area is 175 Å². The molecule has 0 spiro atoms. The summed E-state index contributed by atoms with van der Waals surface area (Å²) in [4.78, 5) is 25.5. The fourth-order valence-corrected chi connectivity index (χ4v) is 5.71. The van der Waals surface area contributed by atoms with Gasteiger partial charge in [-0.1, -0.05) is 18.2 Å². The number of nitrogens with zero attached hydrogens (tertiary/aromatic N) is 3. The van der Waals surface area contributed by atoms with E-state index < -0.39 is 20.9 Å². The maximum absolute atomic E-state index is 13.1. The molecule has 158 valence electrons. The number of sulfonamides is 1. The first-order chi connectivity index (χ1) is 14.3. The molecule has 1 amide bonds. The first-order valence-electron chi connectivity index (χ1n) is 9.94. The minimum atomic E-state index is -3.64. The lowest BCUT2D eigenvalue weighted by Gasteiger charge is -2.34. The first kappa shape index (κ1) is 20.5. The van der Waals surface area contributed by atoms with Crippen molar-refractivity contribution in [1.82, 2.24) is 9.21 Å². The summed E-state index contributed by atoms with van der Waals surface area (Å²) >= 11 is 0. The molecule has 1 aliphatic heterocycles. The molecule has 0 saturated carbocycles. The number of para-hydroxylation sites is 1. The lowest BCUT2D eigenvalue weighted by molar-refractivity contribution is -0.385. The summed E-state index contributed by atoms with van der Waals surface area (Å²) in [7, 11) is -3.64. The highest BCUT2D eigenvalue weighted by Crippen LogP contribution is 2.28. The average molecular weight is 429 g/mol. The molecule has 30 heavy (non-hydrogen) atoms. The van der Waals surface area contributed by atoms with Gasteiger partial charge in [0.25, 0.3) is 11.6 Å². The molecule has 2 aliphatic rings. The summed E-state index contributed by atoms with van der Waals surface area (Å²) in [5.41, 5.74) is 2.56. The quantitative estimate of drug-likeness (QED) is 0.549. The van der Waals surface area contributed by atoms with Crippen molar-refractivity contribution in [1.29, 1.82) is 0 Å². The normalized spacial score (nSPS) is 17.0. The van der Waals surface area contributed by atoms with Gasteiger partial charge in [0.1, 0.15) is 5.56 Å². The monoisotopic (exact) mass is 429 g/mol. The summed E-state index contributed by atoms with van der Waals surface area (Å²) < 4.78 is 27.5. The summed E-state index contributed by atoms with van der Waals surface area (Å²) in [6.07, 6.45) is 2.93. The van der Waals surface area contributed by atoms with Crippen molar-refractivity contribution in [2.24, 2.45) is 0 Å². The molecule has 1 saturated heterocycles. The van der Waals surface area contributed by atoms with E-state index >= 15 is 0 Å². The molecule has 4 rings (SSSR count). The molecule has 8 nitrogen and oxygen atoms in total. The molecule has 0 unspecified atom stereocenters. The number of rotatable bonds is 4. The van der Waals surface area contributed by atoms with Gasteiger partial charge in [-0.25, -0.2) is 8.42 Å². The van der Waals surface area contributed by atoms with E-state index in [1.165, 1.54) is 20.8 Å². The maximum atomic E-state index is 13.1. The second-order valence-electron chi connectivity index (χ2n) is 7.71. The van der Waals surface area contributed by atoms with Gasteiger partial charge in [-0.05, 0) is 55.5 Å². The standard InChI is InChI=1S/C21H23N3O5S/c1-15-4-2-7-19(20(15)24(26)27)21(25)22-10-12-23(13-11-22)30(28,29)18-9-8-16-5-3-6-17(16)14-18/h2,4,7-9,14H,3,5-6,10-13H2,1H3. The van der Waals surface area contributed by atoms with Crippen LogP contribution in [-0.2, 0) is 22.9 Å². The molecular weight excluding hydrogens is 406 g/mol.